The van der Waals surface area contributed by atoms with E-state index in [4.69, 9.17) is 0 Å². The van der Waals surface area contributed by atoms with Gasteiger partial charge in [0.15, 0.2) is 0 Å². The standard InChI is InChI=1S/C17H24N2O2/c1-6-15-18-13-8-7-12(16(20)21)9-14(13)19(15)10-11(2)17(3,4)5/h7-9,11H,6,10H2,1-5H3,(H,20,21). The first-order valence-corrected chi connectivity index (χ1v) is 7.46. The van der Waals surface area contributed by atoms with E-state index < -0.39 is 5.97 Å². The third-order valence-electron chi connectivity index (χ3n) is 4.33. The number of carbonyl (C=O) groups is 1. The Morgan fingerprint density at radius 1 is 1.38 bits per heavy atom. The fourth-order valence-electron chi connectivity index (χ4n) is 2.33. The molecule has 0 fully saturated rings. The van der Waals surface area contributed by atoms with Gasteiger partial charge in [-0.05, 0) is 29.5 Å². The molecule has 0 radical (unpaired) electrons. The minimum Gasteiger partial charge on any atom is -0.478 e. The van der Waals surface area contributed by atoms with Crippen LogP contribution in [0.2, 0.25) is 0 Å². The number of carboxylic acids is 1. The summed E-state index contributed by atoms with van der Waals surface area (Å²) in [4.78, 5) is 15.8. The molecule has 0 aliphatic rings. The zero-order valence-corrected chi connectivity index (χ0v) is 13.5. The number of carboxylic acid groups (broad SMARTS) is 1. The van der Waals surface area contributed by atoms with Crippen molar-refractivity contribution in [2.75, 3.05) is 0 Å². The van der Waals surface area contributed by atoms with Crippen molar-refractivity contribution in [1.82, 2.24) is 9.55 Å². The summed E-state index contributed by atoms with van der Waals surface area (Å²) < 4.78 is 2.18. The average molecular weight is 288 g/mol. The van der Waals surface area contributed by atoms with Gasteiger partial charge in [-0.3, -0.25) is 0 Å². The van der Waals surface area contributed by atoms with Crippen LogP contribution in [0.25, 0.3) is 11.0 Å². The second-order valence-electron chi connectivity index (χ2n) is 6.77. The molecule has 1 unspecified atom stereocenters. The minimum absolute atomic E-state index is 0.200. The summed E-state index contributed by atoms with van der Waals surface area (Å²) in [5.74, 6) is 0.587. The van der Waals surface area contributed by atoms with Crippen LogP contribution in [0.4, 0.5) is 0 Å². The van der Waals surface area contributed by atoms with Crippen LogP contribution < -0.4 is 0 Å². The van der Waals surface area contributed by atoms with E-state index in [0.29, 0.717) is 11.5 Å². The molecule has 1 heterocycles. The molecule has 1 aromatic heterocycles. The number of aromatic nitrogens is 2. The summed E-state index contributed by atoms with van der Waals surface area (Å²) in [6.45, 7) is 11.8. The van der Waals surface area contributed by atoms with Crippen LogP contribution in [-0.4, -0.2) is 20.6 Å². The average Bonchev–Trinajstić information content (AvgIpc) is 2.75. The molecule has 1 atom stereocenters. The highest BCUT2D eigenvalue weighted by Gasteiger charge is 2.22. The molecule has 0 saturated carbocycles. The van der Waals surface area contributed by atoms with Crippen molar-refractivity contribution < 1.29 is 9.90 Å². The number of hydrogen-bond donors (Lipinski definition) is 1. The first-order valence-electron chi connectivity index (χ1n) is 7.46. The molecule has 2 rings (SSSR count). The molecule has 114 valence electrons. The molecule has 4 nitrogen and oxygen atoms in total. The van der Waals surface area contributed by atoms with Gasteiger partial charge in [-0.1, -0.05) is 34.6 Å². The number of benzene rings is 1. The topological polar surface area (TPSA) is 55.1 Å². The van der Waals surface area contributed by atoms with E-state index in [1.165, 1.54) is 0 Å². The molecule has 1 aromatic carbocycles. The summed E-state index contributed by atoms with van der Waals surface area (Å²) in [6, 6.07) is 5.16. The second kappa shape index (κ2) is 5.51. The molecular formula is C17H24N2O2. The third kappa shape index (κ3) is 3.09. The smallest absolute Gasteiger partial charge is 0.335 e. The summed E-state index contributed by atoms with van der Waals surface area (Å²) >= 11 is 0. The highest BCUT2D eigenvalue weighted by Crippen LogP contribution is 2.29. The van der Waals surface area contributed by atoms with E-state index in [-0.39, 0.29) is 5.41 Å². The summed E-state index contributed by atoms with van der Waals surface area (Å²) in [5, 5.41) is 9.18. The van der Waals surface area contributed by atoms with Crippen molar-refractivity contribution in [2.24, 2.45) is 11.3 Å². The third-order valence-corrected chi connectivity index (χ3v) is 4.33. The number of fused-ring (bicyclic) bond motifs is 1. The molecule has 4 heteroatoms. The summed E-state index contributed by atoms with van der Waals surface area (Å²) in [5.41, 5.74) is 2.31. The highest BCUT2D eigenvalue weighted by molar-refractivity contribution is 5.92. The van der Waals surface area contributed by atoms with Gasteiger partial charge in [0.2, 0.25) is 0 Å². The molecule has 0 amide bonds. The normalized spacial score (nSPS) is 13.6. The van der Waals surface area contributed by atoms with Gasteiger partial charge in [0, 0.05) is 13.0 Å². The lowest BCUT2D eigenvalue weighted by atomic mass is 9.82. The predicted octanol–water partition coefficient (Wildman–Crippen LogP) is 3.98. The molecule has 2 aromatic rings. The van der Waals surface area contributed by atoms with Crippen LogP contribution in [0.3, 0.4) is 0 Å². The van der Waals surface area contributed by atoms with Gasteiger partial charge in [-0.15, -0.1) is 0 Å². The molecule has 1 N–H and O–H groups in total. The predicted molar refractivity (Wildman–Crippen MR) is 84.7 cm³/mol. The van der Waals surface area contributed by atoms with Gasteiger partial charge in [0.1, 0.15) is 5.82 Å². The molecule has 21 heavy (non-hydrogen) atoms. The SMILES string of the molecule is CCc1nc2ccc(C(=O)O)cc2n1CC(C)C(C)(C)C. The Morgan fingerprint density at radius 3 is 2.57 bits per heavy atom. The van der Waals surface area contributed by atoms with Crippen molar-refractivity contribution in [1.29, 1.82) is 0 Å². The summed E-state index contributed by atoms with van der Waals surface area (Å²) in [6.07, 6.45) is 0.841. The van der Waals surface area contributed by atoms with E-state index in [9.17, 15) is 9.90 Å². The Morgan fingerprint density at radius 2 is 2.05 bits per heavy atom. The Hall–Kier alpha value is -1.84. The van der Waals surface area contributed by atoms with E-state index in [2.05, 4.69) is 44.2 Å². The molecular weight excluding hydrogens is 264 g/mol. The maximum absolute atomic E-state index is 11.2. The van der Waals surface area contributed by atoms with Crippen LogP contribution in [0.1, 0.15) is 50.8 Å². The monoisotopic (exact) mass is 288 g/mol. The first-order chi connectivity index (χ1) is 9.74. The van der Waals surface area contributed by atoms with Gasteiger partial charge in [0.25, 0.3) is 0 Å². The fraction of sp³-hybridized carbons (Fsp3) is 0.529. The van der Waals surface area contributed by atoms with Crippen LogP contribution in [0, 0.1) is 11.3 Å². The van der Waals surface area contributed by atoms with Gasteiger partial charge < -0.3 is 9.67 Å². The van der Waals surface area contributed by atoms with Crippen molar-refractivity contribution in [3.8, 4) is 0 Å². The first kappa shape index (κ1) is 15.5. The molecule has 0 saturated heterocycles. The van der Waals surface area contributed by atoms with E-state index in [1.54, 1.807) is 18.2 Å². The van der Waals surface area contributed by atoms with Gasteiger partial charge in [-0.2, -0.15) is 0 Å². The maximum Gasteiger partial charge on any atom is 0.335 e. The molecule has 0 aliphatic heterocycles. The van der Waals surface area contributed by atoms with Crippen LogP contribution in [-0.2, 0) is 13.0 Å². The largest absolute Gasteiger partial charge is 0.478 e. The number of hydrogen-bond acceptors (Lipinski definition) is 2. The van der Waals surface area contributed by atoms with Crippen LogP contribution >= 0.6 is 0 Å². The second-order valence-corrected chi connectivity index (χ2v) is 6.77. The van der Waals surface area contributed by atoms with Crippen molar-refractivity contribution >= 4 is 17.0 Å². The van der Waals surface area contributed by atoms with Crippen molar-refractivity contribution in [3.63, 3.8) is 0 Å². The Balaban J connectivity index is 2.53. The number of rotatable bonds is 4. The number of nitrogens with zero attached hydrogens (tertiary/aromatic N) is 2. The lowest BCUT2D eigenvalue weighted by Gasteiger charge is -2.28. The molecule has 0 spiro atoms. The minimum atomic E-state index is -0.897. The van der Waals surface area contributed by atoms with Crippen molar-refractivity contribution in [3.05, 3.63) is 29.6 Å². The zero-order valence-electron chi connectivity index (χ0n) is 13.5. The van der Waals surface area contributed by atoms with Crippen LogP contribution in [0.15, 0.2) is 18.2 Å². The van der Waals surface area contributed by atoms with Crippen LogP contribution in [0.5, 0.6) is 0 Å². The Kier molecular flexibility index (Phi) is 4.08. The van der Waals surface area contributed by atoms with Crippen molar-refractivity contribution in [2.45, 2.75) is 47.6 Å². The van der Waals surface area contributed by atoms with E-state index in [1.807, 2.05) is 0 Å². The van der Waals surface area contributed by atoms with E-state index in [0.717, 1.165) is 29.8 Å². The maximum atomic E-state index is 11.2. The summed E-state index contributed by atoms with van der Waals surface area (Å²) in [7, 11) is 0. The van der Waals surface area contributed by atoms with Gasteiger partial charge in [-0.25, -0.2) is 9.78 Å². The van der Waals surface area contributed by atoms with Gasteiger partial charge >= 0.3 is 5.97 Å². The lowest BCUT2D eigenvalue weighted by molar-refractivity contribution is 0.0697. The fourth-order valence-corrected chi connectivity index (χ4v) is 2.33. The zero-order chi connectivity index (χ0) is 15.8. The number of aromatic carboxylic acids is 1. The Bertz CT molecular complexity index is 665. The number of imidazole rings is 1. The quantitative estimate of drug-likeness (QED) is 0.925. The van der Waals surface area contributed by atoms with Gasteiger partial charge in [0.05, 0.1) is 16.6 Å². The Labute approximate surface area is 125 Å². The highest BCUT2D eigenvalue weighted by atomic mass is 16.4. The van der Waals surface area contributed by atoms with E-state index >= 15 is 0 Å². The molecule has 0 aliphatic carbocycles. The molecule has 0 bridgehead atoms. The lowest BCUT2D eigenvalue weighted by Crippen LogP contribution is -2.23. The number of aryl methyl sites for hydroxylation is 1.